The van der Waals surface area contributed by atoms with Crippen molar-refractivity contribution in [1.82, 2.24) is 0 Å². The van der Waals surface area contributed by atoms with Crippen LogP contribution >= 0.6 is 0 Å². The topological polar surface area (TPSA) is 85.0 Å². The van der Waals surface area contributed by atoms with Crippen LogP contribution in [0.1, 0.15) is 58.9 Å². The number of nitro groups is 1. The van der Waals surface area contributed by atoms with Gasteiger partial charge in [-0.2, -0.15) is 0 Å². The van der Waals surface area contributed by atoms with E-state index in [1.807, 2.05) is 11.8 Å². The molecule has 1 fully saturated rings. The number of benzene rings is 1. The Morgan fingerprint density at radius 2 is 2.07 bits per heavy atom. The van der Waals surface area contributed by atoms with Crippen molar-refractivity contribution in [2.75, 3.05) is 18.5 Å². The lowest BCUT2D eigenvalue weighted by Gasteiger charge is -2.37. The second-order valence-electron chi connectivity index (χ2n) is 8.66. The van der Waals surface area contributed by atoms with Crippen LogP contribution in [0.15, 0.2) is 23.2 Å². The largest absolute Gasteiger partial charge is 0.461 e. The molecule has 1 saturated carbocycles. The lowest BCUT2D eigenvalue weighted by molar-refractivity contribution is -0.384. The molecule has 0 saturated heterocycles. The van der Waals surface area contributed by atoms with Gasteiger partial charge in [0.25, 0.3) is 5.69 Å². The molecule has 1 aromatic rings. The lowest BCUT2D eigenvalue weighted by Crippen LogP contribution is -2.41. The van der Waals surface area contributed by atoms with Crippen molar-refractivity contribution in [1.29, 1.82) is 0 Å². The maximum absolute atomic E-state index is 13.0. The Labute approximate surface area is 179 Å². The smallest absolute Gasteiger partial charge is 0.326 e. The number of nitro benzene ring substituents is 1. The van der Waals surface area contributed by atoms with Gasteiger partial charge in [-0.15, -0.1) is 0 Å². The fourth-order valence-electron chi connectivity index (χ4n) is 4.43. The molecule has 0 aromatic heterocycles. The Bertz CT molecular complexity index is 791. The first-order chi connectivity index (χ1) is 14.2. The van der Waals surface area contributed by atoms with Gasteiger partial charge < -0.3 is 9.64 Å². The quantitative estimate of drug-likeness (QED) is 0.201. The number of esters is 1. The van der Waals surface area contributed by atoms with E-state index in [4.69, 9.17) is 4.74 Å². The molecule has 2 rings (SSSR count). The molecule has 3 atom stereocenters. The highest BCUT2D eigenvalue weighted by Gasteiger charge is 2.34. The van der Waals surface area contributed by atoms with Crippen molar-refractivity contribution in [3.05, 3.63) is 33.9 Å². The van der Waals surface area contributed by atoms with Gasteiger partial charge in [0.1, 0.15) is 18.5 Å². The van der Waals surface area contributed by atoms with Gasteiger partial charge in [0.2, 0.25) is 0 Å². The molecule has 166 valence electrons. The molecule has 30 heavy (non-hydrogen) atoms. The number of hydrogen-bond acceptors (Lipinski definition) is 5. The maximum Gasteiger partial charge on any atom is 0.326 e. The second-order valence-corrected chi connectivity index (χ2v) is 8.66. The molecule has 7 nitrogen and oxygen atoms in total. The Hall–Kier alpha value is -2.44. The number of amidine groups is 1. The van der Waals surface area contributed by atoms with Crippen LogP contribution in [0.25, 0.3) is 0 Å². The van der Waals surface area contributed by atoms with Crippen LogP contribution in [-0.2, 0) is 9.53 Å². The minimum absolute atomic E-state index is 0.0289. The van der Waals surface area contributed by atoms with Gasteiger partial charge in [0.15, 0.2) is 0 Å². The van der Waals surface area contributed by atoms with Crippen LogP contribution in [0.4, 0.5) is 11.4 Å². The summed E-state index contributed by atoms with van der Waals surface area (Å²) >= 11 is 0. The SMILES string of the molecule is CCC(=NC)N(CC(=O)O[C@@H]1C[C@H](C)CC[C@H]1C(C)C)c1ccc([N+](=O)[O-])cc1C. The fourth-order valence-corrected chi connectivity index (χ4v) is 4.43. The summed E-state index contributed by atoms with van der Waals surface area (Å²) in [6, 6.07) is 4.66. The van der Waals surface area contributed by atoms with Crippen LogP contribution in [0.2, 0.25) is 0 Å². The normalized spacial score (nSPS) is 22.1. The minimum atomic E-state index is -0.416. The van der Waals surface area contributed by atoms with Crippen LogP contribution in [0.5, 0.6) is 0 Å². The summed E-state index contributed by atoms with van der Waals surface area (Å²) < 4.78 is 5.98. The predicted molar refractivity (Wildman–Crippen MR) is 120 cm³/mol. The van der Waals surface area contributed by atoms with Gasteiger partial charge in [-0.25, -0.2) is 0 Å². The molecule has 0 aliphatic heterocycles. The Balaban J connectivity index is 2.24. The number of non-ortho nitro benzene ring substituents is 1. The van der Waals surface area contributed by atoms with Crippen molar-refractivity contribution in [2.45, 2.75) is 66.4 Å². The van der Waals surface area contributed by atoms with Crippen LogP contribution in [0, 0.1) is 34.8 Å². The molecule has 0 amide bonds. The molecule has 1 aromatic carbocycles. The zero-order chi connectivity index (χ0) is 22.4. The number of nitrogens with zero attached hydrogens (tertiary/aromatic N) is 3. The number of hydrogen-bond donors (Lipinski definition) is 0. The molecule has 7 heteroatoms. The first kappa shape index (κ1) is 23.8. The highest BCUT2D eigenvalue weighted by molar-refractivity contribution is 6.01. The molecule has 0 bridgehead atoms. The maximum atomic E-state index is 13.0. The van der Waals surface area contributed by atoms with Crippen molar-refractivity contribution in [3.63, 3.8) is 0 Å². The van der Waals surface area contributed by atoms with E-state index in [0.29, 0.717) is 24.2 Å². The van der Waals surface area contributed by atoms with Crippen molar-refractivity contribution >= 4 is 23.2 Å². The molecular formula is C23H35N3O4. The van der Waals surface area contributed by atoms with E-state index in [9.17, 15) is 14.9 Å². The van der Waals surface area contributed by atoms with Gasteiger partial charge in [-0.3, -0.25) is 19.9 Å². The summed E-state index contributed by atoms with van der Waals surface area (Å²) in [5.74, 6) is 1.85. The number of anilines is 1. The van der Waals surface area contributed by atoms with Crippen LogP contribution < -0.4 is 4.90 Å². The highest BCUT2D eigenvalue weighted by Crippen LogP contribution is 2.35. The second kappa shape index (κ2) is 10.5. The van der Waals surface area contributed by atoms with Gasteiger partial charge in [0.05, 0.1) is 4.92 Å². The van der Waals surface area contributed by atoms with E-state index in [-0.39, 0.29) is 24.3 Å². The van der Waals surface area contributed by atoms with Crippen molar-refractivity contribution < 1.29 is 14.5 Å². The van der Waals surface area contributed by atoms with E-state index in [0.717, 1.165) is 29.9 Å². The summed E-state index contributed by atoms with van der Waals surface area (Å²) in [4.78, 5) is 29.8. The van der Waals surface area contributed by atoms with E-state index in [1.54, 1.807) is 20.0 Å². The van der Waals surface area contributed by atoms with Gasteiger partial charge >= 0.3 is 5.97 Å². The predicted octanol–water partition coefficient (Wildman–Crippen LogP) is 5.15. The van der Waals surface area contributed by atoms with Crippen LogP contribution in [-0.4, -0.2) is 36.4 Å². The van der Waals surface area contributed by atoms with E-state index >= 15 is 0 Å². The Kier molecular flexibility index (Phi) is 8.38. The summed E-state index contributed by atoms with van der Waals surface area (Å²) in [7, 11) is 1.69. The number of carbonyl (C=O) groups is 1. The Morgan fingerprint density at radius 3 is 2.60 bits per heavy atom. The third-order valence-corrected chi connectivity index (χ3v) is 6.10. The number of rotatable bonds is 7. The third kappa shape index (κ3) is 5.80. The van der Waals surface area contributed by atoms with Gasteiger partial charge in [-0.05, 0) is 49.1 Å². The van der Waals surface area contributed by atoms with E-state index in [2.05, 4.69) is 25.8 Å². The molecule has 0 N–H and O–H groups in total. The minimum Gasteiger partial charge on any atom is -0.461 e. The molecule has 0 heterocycles. The first-order valence-corrected chi connectivity index (χ1v) is 10.9. The fraction of sp³-hybridized carbons (Fsp3) is 0.652. The third-order valence-electron chi connectivity index (χ3n) is 6.10. The monoisotopic (exact) mass is 417 g/mol. The number of ether oxygens (including phenoxy) is 1. The number of carbonyl (C=O) groups excluding carboxylic acids is 1. The first-order valence-electron chi connectivity index (χ1n) is 10.9. The molecule has 0 radical (unpaired) electrons. The summed E-state index contributed by atoms with van der Waals surface area (Å²) in [6.07, 6.45) is 3.72. The highest BCUT2D eigenvalue weighted by atomic mass is 16.6. The Morgan fingerprint density at radius 1 is 1.37 bits per heavy atom. The van der Waals surface area contributed by atoms with E-state index < -0.39 is 4.92 Å². The zero-order valence-electron chi connectivity index (χ0n) is 19.1. The zero-order valence-corrected chi connectivity index (χ0v) is 19.1. The molecule has 1 aliphatic rings. The van der Waals surface area contributed by atoms with Crippen LogP contribution in [0.3, 0.4) is 0 Å². The molecule has 0 spiro atoms. The summed E-state index contributed by atoms with van der Waals surface area (Å²) in [5, 5.41) is 11.1. The average molecular weight is 418 g/mol. The summed E-state index contributed by atoms with van der Waals surface area (Å²) in [5.41, 5.74) is 1.48. The molecule has 1 aliphatic carbocycles. The van der Waals surface area contributed by atoms with Gasteiger partial charge in [0, 0.05) is 31.3 Å². The van der Waals surface area contributed by atoms with Crippen molar-refractivity contribution in [3.8, 4) is 0 Å². The number of aliphatic imine (C=N–C) groups is 1. The summed E-state index contributed by atoms with van der Waals surface area (Å²) in [6.45, 7) is 10.4. The average Bonchev–Trinajstić information content (AvgIpc) is 2.67. The lowest BCUT2D eigenvalue weighted by atomic mass is 9.75. The van der Waals surface area contributed by atoms with Gasteiger partial charge in [-0.1, -0.05) is 34.1 Å². The van der Waals surface area contributed by atoms with Crippen molar-refractivity contribution in [2.24, 2.45) is 22.7 Å². The van der Waals surface area contributed by atoms with E-state index in [1.165, 1.54) is 18.6 Å². The molecular weight excluding hydrogens is 382 g/mol. The molecule has 0 unspecified atom stereocenters. The number of aryl methyl sites for hydroxylation is 1. The standard InChI is InChI=1S/C23H35N3O4/c1-7-22(24-6)25(20-11-9-18(26(28)29)13-17(20)5)14-23(27)30-21-12-16(4)8-10-19(21)15(2)3/h9,11,13,15-16,19,21H,7-8,10,12,14H2,1-6H3/t16-,19+,21-/m1/s1.